The van der Waals surface area contributed by atoms with Gasteiger partial charge >= 0.3 is 5.97 Å². The van der Waals surface area contributed by atoms with Crippen LogP contribution in [-0.2, 0) is 16.0 Å². The number of benzene rings is 2. The van der Waals surface area contributed by atoms with E-state index in [0.717, 1.165) is 30.8 Å². The van der Waals surface area contributed by atoms with Crippen LogP contribution in [0.4, 0.5) is 0 Å². The smallest absolute Gasteiger partial charge is 0.338 e. The molecule has 1 N–H and O–H groups in total. The third-order valence-electron chi connectivity index (χ3n) is 5.38. The molecule has 0 bridgehead atoms. The lowest BCUT2D eigenvalue weighted by molar-refractivity contribution is -0.130. The van der Waals surface area contributed by atoms with E-state index in [2.05, 4.69) is 17.4 Å². The number of rotatable bonds is 5. The minimum absolute atomic E-state index is 0.0192. The topological polar surface area (TPSA) is 55.4 Å². The van der Waals surface area contributed by atoms with Gasteiger partial charge in [0, 0.05) is 11.5 Å². The number of hydrogen-bond donors (Lipinski definition) is 1. The highest BCUT2D eigenvalue weighted by atomic mass is 32.2. The molecule has 2 aromatic carbocycles. The minimum Gasteiger partial charge on any atom is -0.449 e. The predicted molar refractivity (Wildman–Crippen MR) is 119 cm³/mol. The molecule has 0 aromatic heterocycles. The normalized spacial score (nSPS) is 20.0. The summed E-state index contributed by atoms with van der Waals surface area (Å²) in [6.45, 7) is 1.63. The first-order valence-corrected chi connectivity index (χ1v) is 12.1. The molecule has 1 aliphatic heterocycles. The molecular formula is C23H25NO3S2. The van der Waals surface area contributed by atoms with Crippen molar-refractivity contribution in [1.82, 2.24) is 5.32 Å². The van der Waals surface area contributed by atoms with Crippen molar-refractivity contribution in [2.24, 2.45) is 0 Å². The zero-order chi connectivity index (χ0) is 20.2. The van der Waals surface area contributed by atoms with E-state index in [1.165, 1.54) is 16.7 Å². The molecule has 0 spiro atoms. The first-order chi connectivity index (χ1) is 14.1. The molecule has 2 aliphatic rings. The van der Waals surface area contributed by atoms with Gasteiger partial charge in [0.2, 0.25) is 0 Å². The van der Waals surface area contributed by atoms with Crippen LogP contribution in [0.25, 0.3) is 0 Å². The van der Waals surface area contributed by atoms with Crippen LogP contribution in [0, 0.1) is 0 Å². The fraction of sp³-hybridized carbons (Fsp3) is 0.391. The number of esters is 1. The Bertz CT molecular complexity index is 878. The first kappa shape index (κ1) is 20.4. The maximum atomic E-state index is 12.6. The Hall–Kier alpha value is -1.92. The molecule has 1 aliphatic carbocycles. The molecule has 152 valence electrons. The molecule has 1 fully saturated rings. The molecular weight excluding hydrogens is 402 g/mol. The number of carbonyl (C=O) groups excluding carboxylic acids is 2. The number of aryl methyl sites for hydroxylation is 1. The van der Waals surface area contributed by atoms with Gasteiger partial charge in [0.25, 0.3) is 5.91 Å². The van der Waals surface area contributed by atoms with E-state index in [1.54, 1.807) is 19.1 Å². The number of fused-ring (bicyclic) bond motifs is 1. The fourth-order valence-electron chi connectivity index (χ4n) is 3.80. The summed E-state index contributed by atoms with van der Waals surface area (Å²) in [6.07, 6.45) is 2.15. The average molecular weight is 428 g/mol. The highest BCUT2D eigenvalue weighted by Gasteiger charge is 2.26. The number of nitrogens with one attached hydrogen (secondary N) is 1. The Morgan fingerprint density at radius 1 is 1.07 bits per heavy atom. The Morgan fingerprint density at radius 3 is 2.55 bits per heavy atom. The SMILES string of the molecule is C[C@H](OC(=O)c1ccc(C2SCCS2)cc1)C(=O)N[C@@H]1CCCc2ccccc21. The van der Waals surface area contributed by atoms with Gasteiger partial charge in [0.05, 0.1) is 16.2 Å². The second-order valence-corrected chi connectivity index (χ2v) is 10.1. The van der Waals surface area contributed by atoms with E-state index in [9.17, 15) is 9.59 Å². The van der Waals surface area contributed by atoms with E-state index in [4.69, 9.17) is 4.74 Å². The molecule has 6 heteroatoms. The lowest BCUT2D eigenvalue weighted by Gasteiger charge is -2.27. The summed E-state index contributed by atoms with van der Waals surface area (Å²) in [5.41, 5.74) is 4.15. The van der Waals surface area contributed by atoms with Gasteiger partial charge in [0.1, 0.15) is 0 Å². The quantitative estimate of drug-likeness (QED) is 0.688. The predicted octanol–water partition coefficient (Wildman–Crippen LogP) is 4.90. The second kappa shape index (κ2) is 9.26. The fourth-order valence-corrected chi connectivity index (χ4v) is 6.66. The third kappa shape index (κ3) is 4.81. The van der Waals surface area contributed by atoms with Gasteiger partial charge in [-0.05, 0) is 55.0 Å². The van der Waals surface area contributed by atoms with Gasteiger partial charge in [-0.25, -0.2) is 4.79 Å². The summed E-state index contributed by atoms with van der Waals surface area (Å²) in [5.74, 6) is 1.61. The molecule has 4 nitrogen and oxygen atoms in total. The molecule has 0 saturated carbocycles. The van der Waals surface area contributed by atoms with Crippen molar-refractivity contribution in [3.05, 3.63) is 70.8 Å². The first-order valence-electron chi connectivity index (χ1n) is 10.0. The number of ether oxygens (including phenoxy) is 1. The zero-order valence-electron chi connectivity index (χ0n) is 16.4. The number of amides is 1. The lowest BCUT2D eigenvalue weighted by atomic mass is 9.87. The Balaban J connectivity index is 1.34. The maximum Gasteiger partial charge on any atom is 0.338 e. The van der Waals surface area contributed by atoms with Crippen molar-refractivity contribution in [2.75, 3.05) is 11.5 Å². The molecule has 0 radical (unpaired) electrons. The lowest BCUT2D eigenvalue weighted by Crippen LogP contribution is -2.39. The third-order valence-corrected chi connectivity index (χ3v) is 8.48. The zero-order valence-corrected chi connectivity index (χ0v) is 18.1. The average Bonchev–Trinajstić information content (AvgIpc) is 3.29. The van der Waals surface area contributed by atoms with Crippen molar-refractivity contribution in [3.8, 4) is 0 Å². The van der Waals surface area contributed by atoms with Gasteiger partial charge < -0.3 is 10.1 Å². The summed E-state index contributed by atoms with van der Waals surface area (Å²) in [4.78, 5) is 25.1. The Kier molecular flexibility index (Phi) is 6.50. The molecule has 1 heterocycles. The van der Waals surface area contributed by atoms with Crippen LogP contribution in [0.15, 0.2) is 48.5 Å². The van der Waals surface area contributed by atoms with Crippen molar-refractivity contribution < 1.29 is 14.3 Å². The number of thioether (sulfide) groups is 2. The summed E-state index contributed by atoms with van der Waals surface area (Å²) in [7, 11) is 0. The highest BCUT2D eigenvalue weighted by Crippen LogP contribution is 2.45. The number of carbonyl (C=O) groups is 2. The van der Waals surface area contributed by atoms with E-state index in [-0.39, 0.29) is 11.9 Å². The highest BCUT2D eigenvalue weighted by molar-refractivity contribution is 8.19. The monoisotopic (exact) mass is 427 g/mol. The largest absolute Gasteiger partial charge is 0.449 e. The van der Waals surface area contributed by atoms with Gasteiger partial charge in [-0.3, -0.25) is 4.79 Å². The molecule has 1 saturated heterocycles. The van der Waals surface area contributed by atoms with E-state index >= 15 is 0 Å². The van der Waals surface area contributed by atoms with Crippen LogP contribution < -0.4 is 5.32 Å². The van der Waals surface area contributed by atoms with Crippen LogP contribution in [0.1, 0.15) is 57.4 Å². The minimum atomic E-state index is -0.836. The standard InChI is InChI=1S/C23H25NO3S2/c1-15(21(25)24-20-8-4-6-16-5-2-3-7-19(16)20)27-22(26)17-9-11-18(12-10-17)23-28-13-14-29-23/h2-3,5,7,9-12,15,20,23H,4,6,8,13-14H2,1H3,(H,24,25)/t15-,20+/m0/s1. The Labute approximate surface area is 180 Å². The van der Waals surface area contributed by atoms with Crippen molar-refractivity contribution in [1.29, 1.82) is 0 Å². The second-order valence-electron chi connectivity index (χ2n) is 7.40. The van der Waals surface area contributed by atoms with Gasteiger partial charge in [-0.1, -0.05) is 36.4 Å². The van der Waals surface area contributed by atoms with Gasteiger partial charge in [-0.2, -0.15) is 0 Å². The molecule has 29 heavy (non-hydrogen) atoms. The molecule has 2 atom stereocenters. The van der Waals surface area contributed by atoms with E-state index < -0.39 is 12.1 Å². The van der Waals surface area contributed by atoms with Crippen molar-refractivity contribution >= 4 is 35.4 Å². The van der Waals surface area contributed by atoms with Crippen LogP contribution in [-0.4, -0.2) is 29.5 Å². The van der Waals surface area contributed by atoms with E-state index in [0.29, 0.717) is 10.1 Å². The molecule has 0 unspecified atom stereocenters. The van der Waals surface area contributed by atoms with Gasteiger partial charge in [-0.15, -0.1) is 23.5 Å². The Morgan fingerprint density at radius 2 is 1.79 bits per heavy atom. The van der Waals surface area contributed by atoms with E-state index in [1.807, 2.05) is 47.8 Å². The summed E-state index contributed by atoms with van der Waals surface area (Å²) in [6, 6.07) is 15.7. The molecule has 4 rings (SSSR count). The summed E-state index contributed by atoms with van der Waals surface area (Å²) in [5, 5.41) is 3.06. The molecule has 1 amide bonds. The van der Waals surface area contributed by atoms with Crippen molar-refractivity contribution in [3.63, 3.8) is 0 Å². The molecule has 2 aromatic rings. The van der Waals surface area contributed by atoms with Crippen molar-refractivity contribution in [2.45, 2.75) is 42.9 Å². The number of hydrogen-bond acceptors (Lipinski definition) is 5. The van der Waals surface area contributed by atoms with Crippen LogP contribution in [0.2, 0.25) is 0 Å². The van der Waals surface area contributed by atoms with Gasteiger partial charge in [0.15, 0.2) is 6.10 Å². The van der Waals surface area contributed by atoms with Crippen LogP contribution in [0.3, 0.4) is 0 Å². The summed E-state index contributed by atoms with van der Waals surface area (Å²) >= 11 is 3.86. The van der Waals surface area contributed by atoms with Crippen LogP contribution >= 0.6 is 23.5 Å². The maximum absolute atomic E-state index is 12.6. The summed E-state index contributed by atoms with van der Waals surface area (Å²) < 4.78 is 5.88. The van der Waals surface area contributed by atoms with Crippen LogP contribution in [0.5, 0.6) is 0 Å².